The van der Waals surface area contributed by atoms with Crippen LogP contribution in [-0.4, -0.2) is 22.4 Å². The standard InChI is InChI=1S/C23H25FN2O/c1-16-17(2)22(23(27)25(4)14-19-9-6-5-7-10-19)26(18(16)3)15-20-11-8-12-21(24)13-20/h5-13H,14-15H2,1-4H3. The summed E-state index contributed by atoms with van der Waals surface area (Å²) in [5, 5.41) is 0. The first-order chi connectivity index (χ1) is 12.9. The zero-order valence-electron chi connectivity index (χ0n) is 16.3. The lowest BCUT2D eigenvalue weighted by molar-refractivity contribution is 0.0773. The van der Waals surface area contributed by atoms with E-state index in [4.69, 9.17) is 0 Å². The van der Waals surface area contributed by atoms with E-state index in [1.54, 1.807) is 11.0 Å². The molecule has 0 fully saturated rings. The SMILES string of the molecule is Cc1c(C)c(C(=O)N(C)Cc2ccccc2)n(Cc2cccc(F)c2)c1C. The molecule has 0 unspecified atom stereocenters. The molecule has 0 aliphatic heterocycles. The molecule has 0 radical (unpaired) electrons. The normalized spacial score (nSPS) is 10.9. The van der Waals surface area contributed by atoms with Gasteiger partial charge in [-0.15, -0.1) is 0 Å². The van der Waals surface area contributed by atoms with Crippen LogP contribution in [0.2, 0.25) is 0 Å². The summed E-state index contributed by atoms with van der Waals surface area (Å²) >= 11 is 0. The van der Waals surface area contributed by atoms with Crippen molar-refractivity contribution in [2.45, 2.75) is 33.9 Å². The second-order valence-electron chi connectivity index (χ2n) is 7.05. The minimum Gasteiger partial charge on any atom is -0.336 e. The summed E-state index contributed by atoms with van der Waals surface area (Å²) in [5.74, 6) is -0.288. The van der Waals surface area contributed by atoms with Crippen molar-refractivity contribution in [3.63, 3.8) is 0 Å². The molecular weight excluding hydrogens is 339 g/mol. The average molecular weight is 364 g/mol. The van der Waals surface area contributed by atoms with E-state index in [0.717, 1.165) is 27.9 Å². The van der Waals surface area contributed by atoms with Crippen LogP contribution in [0.1, 0.15) is 38.4 Å². The Bertz CT molecular complexity index is 960. The fourth-order valence-electron chi connectivity index (χ4n) is 3.42. The van der Waals surface area contributed by atoms with E-state index in [0.29, 0.717) is 18.8 Å². The maximum absolute atomic E-state index is 13.6. The van der Waals surface area contributed by atoms with Crippen LogP contribution in [0.5, 0.6) is 0 Å². The Labute approximate surface area is 160 Å². The van der Waals surface area contributed by atoms with Gasteiger partial charge in [-0.3, -0.25) is 4.79 Å². The van der Waals surface area contributed by atoms with Gasteiger partial charge < -0.3 is 9.47 Å². The summed E-state index contributed by atoms with van der Waals surface area (Å²) in [6, 6.07) is 16.5. The van der Waals surface area contributed by atoms with Gasteiger partial charge in [0.25, 0.3) is 5.91 Å². The third kappa shape index (κ3) is 3.95. The van der Waals surface area contributed by atoms with E-state index in [1.807, 2.05) is 68.8 Å². The van der Waals surface area contributed by atoms with Gasteiger partial charge in [-0.25, -0.2) is 4.39 Å². The molecule has 2 aromatic carbocycles. The minimum absolute atomic E-state index is 0.0241. The van der Waals surface area contributed by atoms with Gasteiger partial charge in [-0.1, -0.05) is 42.5 Å². The first kappa shape index (κ1) is 18.9. The molecule has 140 valence electrons. The highest BCUT2D eigenvalue weighted by atomic mass is 19.1. The molecule has 1 heterocycles. The van der Waals surface area contributed by atoms with Crippen molar-refractivity contribution < 1.29 is 9.18 Å². The fraction of sp³-hybridized carbons (Fsp3) is 0.261. The number of hydrogen-bond acceptors (Lipinski definition) is 1. The van der Waals surface area contributed by atoms with Crippen LogP contribution >= 0.6 is 0 Å². The Morgan fingerprint density at radius 1 is 0.963 bits per heavy atom. The number of carbonyl (C=O) groups excluding carboxylic acids is 1. The summed E-state index contributed by atoms with van der Waals surface area (Å²) in [7, 11) is 1.82. The van der Waals surface area contributed by atoms with Crippen LogP contribution < -0.4 is 0 Å². The van der Waals surface area contributed by atoms with Crippen molar-refractivity contribution >= 4 is 5.91 Å². The lowest BCUT2D eigenvalue weighted by Crippen LogP contribution is -2.29. The van der Waals surface area contributed by atoms with Crippen LogP contribution in [0.25, 0.3) is 0 Å². The molecule has 0 N–H and O–H groups in total. The number of amides is 1. The lowest BCUT2D eigenvalue weighted by atomic mass is 10.1. The first-order valence-corrected chi connectivity index (χ1v) is 9.08. The van der Waals surface area contributed by atoms with E-state index < -0.39 is 0 Å². The third-order valence-electron chi connectivity index (χ3n) is 5.18. The summed E-state index contributed by atoms with van der Waals surface area (Å²) in [6.45, 7) is 7.03. The zero-order valence-corrected chi connectivity index (χ0v) is 16.3. The van der Waals surface area contributed by atoms with Crippen LogP contribution in [0.4, 0.5) is 4.39 Å². The number of hydrogen-bond donors (Lipinski definition) is 0. The van der Waals surface area contributed by atoms with E-state index in [2.05, 4.69) is 0 Å². The maximum Gasteiger partial charge on any atom is 0.270 e. The van der Waals surface area contributed by atoms with Crippen LogP contribution in [0.15, 0.2) is 54.6 Å². The molecule has 4 heteroatoms. The number of aromatic nitrogens is 1. The molecule has 3 nitrogen and oxygen atoms in total. The molecule has 0 spiro atoms. The van der Waals surface area contributed by atoms with Crippen molar-refractivity contribution in [3.8, 4) is 0 Å². The molecule has 27 heavy (non-hydrogen) atoms. The molecule has 0 saturated heterocycles. The molecule has 3 rings (SSSR count). The summed E-state index contributed by atoms with van der Waals surface area (Å²) in [6.07, 6.45) is 0. The monoisotopic (exact) mass is 364 g/mol. The number of rotatable bonds is 5. The number of nitrogens with zero attached hydrogens (tertiary/aromatic N) is 2. The highest BCUT2D eigenvalue weighted by Gasteiger charge is 2.23. The van der Waals surface area contributed by atoms with Crippen molar-refractivity contribution in [1.82, 2.24) is 9.47 Å². The van der Waals surface area contributed by atoms with E-state index in [9.17, 15) is 9.18 Å². The van der Waals surface area contributed by atoms with Gasteiger partial charge in [-0.05, 0) is 55.2 Å². The topological polar surface area (TPSA) is 25.2 Å². The Balaban J connectivity index is 1.94. The molecule has 0 atom stereocenters. The summed E-state index contributed by atoms with van der Waals surface area (Å²) < 4.78 is 15.6. The summed E-state index contributed by atoms with van der Waals surface area (Å²) in [4.78, 5) is 15.0. The highest BCUT2D eigenvalue weighted by molar-refractivity contribution is 5.94. The Kier molecular flexibility index (Phi) is 5.45. The van der Waals surface area contributed by atoms with E-state index in [-0.39, 0.29) is 11.7 Å². The highest BCUT2D eigenvalue weighted by Crippen LogP contribution is 2.24. The molecule has 0 aliphatic rings. The average Bonchev–Trinajstić information content (AvgIpc) is 2.86. The quantitative estimate of drug-likeness (QED) is 0.634. The Morgan fingerprint density at radius 3 is 2.30 bits per heavy atom. The van der Waals surface area contributed by atoms with Crippen LogP contribution in [-0.2, 0) is 13.1 Å². The van der Waals surface area contributed by atoms with Crippen molar-refractivity contribution in [2.24, 2.45) is 0 Å². The Hall–Kier alpha value is -2.88. The zero-order chi connectivity index (χ0) is 19.6. The minimum atomic E-state index is -0.264. The van der Waals surface area contributed by atoms with Gasteiger partial charge in [0.2, 0.25) is 0 Å². The second kappa shape index (κ2) is 7.78. The molecule has 3 aromatic rings. The molecule has 0 bridgehead atoms. The second-order valence-corrected chi connectivity index (χ2v) is 7.05. The predicted molar refractivity (Wildman–Crippen MR) is 106 cm³/mol. The summed E-state index contributed by atoms with van der Waals surface area (Å²) in [5.41, 5.74) is 5.72. The van der Waals surface area contributed by atoms with Gasteiger partial charge in [-0.2, -0.15) is 0 Å². The van der Waals surface area contributed by atoms with E-state index >= 15 is 0 Å². The third-order valence-corrected chi connectivity index (χ3v) is 5.18. The van der Waals surface area contributed by atoms with Crippen molar-refractivity contribution in [1.29, 1.82) is 0 Å². The Morgan fingerprint density at radius 2 is 1.63 bits per heavy atom. The van der Waals surface area contributed by atoms with Crippen molar-refractivity contribution in [2.75, 3.05) is 7.05 Å². The predicted octanol–water partition coefficient (Wildman–Crippen LogP) is 4.87. The van der Waals surface area contributed by atoms with Gasteiger partial charge in [0, 0.05) is 25.8 Å². The van der Waals surface area contributed by atoms with Crippen LogP contribution in [0.3, 0.4) is 0 Å². The molecule has 1 amide bonds. The lowest BCUT2D eigenvalue weighted by Gasteiger charge is -2.20. The number of carbonyl (C=O) groups is 1. The van der Waals surface area contributed by atoms with Gasteiger partial charge >= 0.3 is 0 Å². The molecular formula is C23H25FN2O. The van der Waals surface area contributed by atoms with Crippen LogP contribution in [0, 0.1) is 26.6 Å². The maximum atomic E-state index is 13.6. The van der Waals surface area contributed by atoms with E-state index in [1.165, 1.54) is 12.1 Å². The van der Waals surface area contributed by atoms with Gasteiger partial charge in [0.15, 0.2) is 0 Å². The number of benzene rings is 2. The number of halogens is 1. The smallest absolute Gasteiger partial charge is 0.270 e. The molecule has 0 aliphatic carbocycles. The largest absolute Gasteiger partial charge is 0.336 e. The van der Waals surface area contributed by atoms with Gasteiger partial charge in [0.1, 0.15) is 11.5 Å². The molecule has 1 aromatic heterocycles. The molecule has 0 saturated carbocycles. The fourth-order valence-corrected chi connectivity index (χ4v) is 3.42. The van der Waals surface area contributed by atoms with Gasteiger partial charge in [0.05, 0.1) is 0 Å². The first-order valence-electron chi connectivity index (χ1n) is 9.08. The van der Waals surface area contributed by atoms with Crippen molar-refractivity contribution in [3.05, 3.63) is 94.1 Å².